The SMILES string of the molecule is CCC1(C(=O)Nc2cc(S(C)(=O)=O)ccc2Cl)CCNC1. The molecule has 0 aromatic heterocycles. The zero-order valence-electron chi connectivity index (χ0n) is 12.1. The van der Waals surface area contributed by atoms with Crippen LogP contribution in [-0.4, -0.2) is 33.7 Å². The standard InChI is InChI=1S/C14H19ClN2O3S/c1-3-14(6-7-16-9-14)13(18)17-12-8-10(21(2,19)20)4-5-11(12)15/h4-5,8,16H,3,6-7,9H2,1-2H3,(H,17,18). The monoisotopic (exact) mass is 330 g/mol. The van der Waals surface area contributed by atoms with E-state index in [0.29, 0.717) is 17.3 Å². The van der Waals surface area contributed by atoms with Gasteiger partial charge in [0.15, 0.2) is 9.84 Å². The quantitative estimate of drug-likeness (QED) is 0.886. The fourth-order valence-electron chi connectivity index (χ4n) is 2.49. The lowest BCUT2D eigenvalue weighted by Gasteiger charge is -2.25. The molecular formula is C14H19ClN2O3S. The van der Waals surface area contributed by atoms with Gasteiger partial charge in [0, 0.05) is 12.8 Å². The van der Waals surface area contributed by atoms with Crippen molar-refractivity contribution in [2.75, 3.05) is 24.7 Å². The van der Waals surface area contributed by atoms with E-state index >= 15 is 0 Å². The van der Waals surface area contributed by atoms with Gasteiger partial charge in [-0.1, -0.05) is 18.5 Å². The zero-order chi connectivity index (χ0) is 15.7. The summed E-state index contributed by atoms with van der Waals surface area (Å²) in [5, 5.41) is 6.30. The van der Waals surface area contributed by atoms with Crippen LogP contribution >= 0.6 is 11.6 Å². The van der Waals surface area contributed by atoms with Gasteiger partial charge in [-0.15, -0.1) is 0 Å². The third-order valence-corrected chi connectivity index (χ3v) is 5.46. The zero-order valence-corrected chi connectivity index (χ0v) is 13.6. The molecule has 1 saturated heterocycles. The third kappa shape index (κ3) is 3.39. The largest absolute Gasteiger partial charge is 0.324 e. The minimum atomic E-state index is -3.34. The van der Waals surface area contributed by atoms with Crippen molar-refractivity contribution < 1.29 is 13.2 Å². The van der Waals surface area contributed by atoms with Crippen LogP contribution in [0.2, 0.25) is 5.02 Å². The van der Waals surface area contributed by atoms with Crippen LogP contribution in [0, 0.1) is 5.41 Å². The fourth-order valence-corrected chi connectivity index (χ4v) is 3.30. The molecule has 0 aliphatic carbocycles. The summed E-state index contributed by atoms with van der Waals surface area (Å²) in [7, 11) is -3.34. The number of anilines is 1. The second-order valence-electron chi connectivity index (χ2n) is 5.43. The molecule has 1 aromatic carbocycles. The summed E-state index contributed by atoms with van der Waals surface area (Å²) >= 11 is 6.06. The Hall–Kier alpha value is -1.11. The van der Waals surface area contributed by atoms with Gasteiger partial charge >= 0.3 is 0 Å². The number of halogens is 1. The molecule has 0 bridgehead atoms. The number of rotatable bonds is 4. The minimum absolute atomic E-state index is 0.123. The molecular weight excluding hydrogens is 312 g/mol. The normalized spacial score (nSPS) is 22.2. The van der Waals surface area contributed by atoms with Crippen LogP contribution in [0.1, 0.15) is 19.8 Å². The summed E-state index contributed by atoms with van der Waals surface area (Å²) in [6.07, 6.45) is 2.60. The van der Waals surface area contributed by atoms with E-state index in [1.807, 2.05) is 6.92 Å². The number of benzene rings is 1. The maximum atomic E-state index is 12.5. The lowest BCUT2D eigenvalue weighted by Crippen LogP contribution is -2.37. The Balaban J connectivity index is 2.29. The number of hydrogen-bond acceptors (Lipinski definition) is 4. The Morgan fingerprint density at radius 1 is 1.48 bits per heavy atom. The summed E-state index contributed by atoms with van der Waals surface area (Å²) in [6, 6.07) is 4.32. The highest BCUT2D eigenvalue weighted by Gasteiger charge is 2.39. The lowest BCUT2D eigenvalue weighted by atomic mass is 9.83. The molecule has 116 valence electrons. The second-order valence-corrected chi connectivity index (χ2v) is 7.85. The second kappa shape index (κ2) is 5.94. The van der Waals surface area contributed by atoms with Crippen LogP contribution in [0.3, 0.4) is 0 Å². The average Bonchev–Trinajstić information content (AvgIpc) is 2.90. The van der Waals surface area contributed by atoms with Crippen molar-refractivity contribution in [2.45, 2.75) is 24.7 Å². The van der Waals surface area contributed by atoms with Gasteiger partial charge in [-0.25, -0.2) is 8.42 Å². The average molecular weight is 331 g/mol. The van der Waals surface area contributed by atoms with E-state index in [0.717, 1.165) is 25.6 Å². The molecule has 1 aliphatic heterocycles. The Labute approximate surface area is 130 Å². The first kappa shape index (κ1) is 16.3. The van der Waals surface area contributed by atoms with Crippen LogP contribution in [0.4, 0.5) is 5.69 Å². The molecule has 1 heterocycles. The van der Waals surface area contributed by atoms with E-state index in [1.165, 1.54) is 18.2 Å². The molecule has 5 nitrogen and oxygen atoms in total. The van der Waals surface area contributed by atoms with E-state index in [2.05, 4.69) is 10.6 Å². The summed E-state index contributed by atoms with van der Waals surface area (Å²) < 4.78 is 23.2. The highest BCUT2D eigenvalue weighted by molar-refractivity contribution is 7.90. The van der Waals surface area contributed by atoms with Gasteiger partial charge in [-0.3, -0.25) is 4.79 Å². The van der Waals surface area contributed by atoms with E-state index in [-0.39, 0.29) is 10.8 Å². The molecule has 2 rings (SSSR count). The predicted octanol–water partition coefficient (Wildman–Crippen LogP) is 2.07. The van der Waals surface area contributed by atoms with Gasteiger partial charge in [0.05, 0.1) is 21.0 Å². The van der Waals surface area contributed by atoms with Crippen molar-refractivity contribution in [1.29, 1.82) is 0 Å². The molecule has 1 aliphatic rings. The highest BCUT2D eigenvalue weighted by Crippen LogP contribution is 2.33. The Kier molecular flexibility index (Phi) is 4.60. The molecule has 0 spiro atoms. The summed E-state index contributed by atoms with van der Waals surface area (Å²) in [6.45, 7) is 3.40. The molecule has 1 atom stereocenters. The lowest BCUT2D eigenvalue weighted by molar-refractivity contribution is -0.124. The first-order chi connectivity index (χ1) is 9.78. The molecule has 1 aromatic rings. The summed E-state index contributed by atoms with van der Waals surface area (Å²) in [5.41, 5.74) is -0.117. The number of hydrogen-bond donors (Lipinski definition) is 2. The molecule has 1 unspecified atom stereocenters. The van der Waals surface area contributed by atoms with Crippen LogP contribution in [0.5, 0.6) is 0 Å². The van der Waals surface area contributed by atoms with Gasteiger partial charge < -0.3 is 10.6 Å². The first-order valence-electron chi connectivity index (χ1n) is 6.80. The van der Waals surface area contributed by atoms with Crippen LogP contribution in [-0.2, 0) is 14.6 Å². The molecule has 0 radical (unpaired) electrons. The Morgan fingerprint density at radius 3 is 2.71 bits per heavy atom. The van der Waals surface area contributed by atoms with Crippen molar-refractivity contribution in [3.8, 4) is 0 Å². The van der Waals surface area contributed by atoms with Crippen molar-refractivity contribution in [3.05, 3.63) is 23.2 Å². The van der Waals surface area contributed by atoms with Gasteiger partial charge in [0.1, 0.15) is 0 Å². The summed E-state index contributed by atoms with van der Waals surface area (Å²) in [4.78, 5) is 12.7. The first-order valence-corrected chi connectivity index (χ1v) is 9.07. The van der Waals surface area contributed by atoms with Crippen LogP contribution < -0.4 is 10.6 Å². The van der Waals surface area contributed by atoms with Crippen LogP contribution in [0.15, 0.2) is 23.1 Å². The highest BCUT2D eigenvalue weighted by atomic mass is 35.5. The Morgan fingerprint density at radius 2 is 2.19 bits per heavy atom. The molecule has 1 amide bonds. The van der Waals surface area contributed by atoms with E-state index < -0.39 is 15.3 Å². The fraction of sp³-hybridized carbons (Fsp3) is 0.500. The van der Waals surface area contributed by atoms with Gasteiger partial charge in [-0.2, -0.15) is 0 Å². The molecule has 7 heteroatoms. The van der Waals surface area contributed by atoms with Crippen molar-refractivity contribution in [3.63, 3.8) is 0 Å². The number of carbonyl (C=O) groups is 1. The van der Waals surface area contributed by atoms with Crippen molar-refractivity contribution in [2.24, 2.45) is 5.41 Å². The predicted molar refractivity (Wildman–Crippen MR) is 83.4 cm³/mol. The van der Waals surface area contributed by atoms with E-state index in [1.54, 1.807) is 0 Å². The van der Waals surface area contributed by atoms with Crippen LogP contribution in [0.25, 0.3) is 0 Å². The number of nitrogens with one attached hydrogen (secondary N) is 2. The summed E-state index contributed by atoms with van der Waals surface area (Å²) in [5.74, 6) is -0.123. The van der Waals surface area contributed by atoms with Gasteiger partial charge in [0.25, 0.3) is 0 Å². The minimum Gasteiger partial charge on any atom is -0.324 e. The maximum absolute atomic E-state index is 12.5. The molecule has 2 N–H and O–H groups in total. The number of carbonyl (C=O) groups excluding carboxylic acids is 1. The molecule has 0 saturated carbocycles. The maximum Gasteiger partial charge on any atom is 0.231 e. The van der Waals surface area contributed by atoms with Gasteiger partial charge in [-0.05, 0) is 37.6 Å². The third-order valence-electron chi connectivity index (χ3n) is 4.02. The van der Waals surface area contributed by atoms with Gasteiger partial charge in [0.2, 0.25) is 5.91 Å². The molecule has 21 heavy (non-hydrogen) atoms. The van der Waals surface area contributed by atoms with Crippen molar-refractivity contribution in [1.82, 2.24) is 5.32 Å². The number of sulfone groups is 1. The van der Waals surface area contributed by atoms with E-state index in [4.69, 9.17) is 11.6 Å². The topological polar surface area (TPSA) is 75.3 Å². The number of amides is 1. The van der Waals surface area contributed by atoms with E-state index in [9.17, 15) is 13.2 Å². The smallest absolute Gasteiger partial charge is 0.231 e. The van der Waals surface area contributed by atoms with Crippen molar-refractivity contribution >= 4 is 33.0 Å². The Bertz CT molecular complexity index is 652. The molecule has 1 fully saturated rings.